The number of benzene rings is 12. The minimum atomic E-state index is 1.09. The first-order chi connectivity index (χ1) is 38.5. The second-order valence-electron chi connectivity index (χ2n) is 19.6. The van der Waals surface area contributed by atoms with Crippen LogP contribution >= 0.6 is 0 Å². The molecule has 374 valence electrons. The summed E-state index contributed by atoms with van der Waals surface area (Å²) in [7, 11) is 0. The molecule has 0 aliphatic rings. The molecular formula is C74H58N4. The molecule has 4 heteroatoms. The first kappa shape index (κ1) is 48.8. The highest BCUT2D eigenvalue weighted by molar-refractivity contribution is 5.85. The Morgan fingerprint density at radius 1 is 0.154 bits per heavy atom. The maximum atomic E-state index is 2.34. The molecule has 0 aliphatic heterocycles. The average molecular weight is 1000 g/mol. The maximum absolute atomic E-state index is 2.34. The summed E-state index contributed by atoms with van der Waals surface area (Å²) in [5.74, 6) is 0. The fourth-order valence-electron chi connectivity index (χ4n) is 10.4. The Morgan fingerprint density at radius 3 is 0.513 bits per heavy atom. The number of aryl methyl sites for hydroxylation is 2. The van der Waals surface area contributed by atoms with Crippen LogP contribution in [0.2, 0.25) is 0 Å². The summed E-state index contributed by atoms with van der Waals surface area (Å²) in [5, 5.41) is 0. The van der Waals surface area contributed by atoms with E-state index in [0.29, 0.717) is 0 Å². The summed E-state index contributed by atoms with van der Waals surface area (Å²) in [4.78, 5) is 9.27. The monoisotopic (exact) mass is 1000 g/mol. The SMILES string of the molecule is Cc1cccc(N(c2ccc(-c3ccc(N(c4ccccc4)c4ccccc4)cc3)cc2)c2ccc(-c3ccc(N(c4ccc(-c5ccc(N(c6ccccc6)c6ccccc6)cc5)cc4)c4cccc(C)c4)cc3)cc2)c1. The van der Waals surface area contributed by atoms with Crippen LogP contribution in [-0.2, 0) is 0 Å². The average Bonchev–Trinajstić information content (AvgIpc) is 3.53. The van der Waals surface area contributed by atoms with Crippen LogP contribution in [0.25, 0.3) is 33.4 Å². The molecular weight excluding hydrogens is 945 g/mol. The van der Waals surface area contributed by atoms with E-state index in [0.717, 1.165) is 102 Å². The Balaban J connectivity index is 0.787. The molecule has 0 aliphatic carbocycles. The number of rotatable bonds is 15. The molecule has 0 atom stereocenters. The van der Waals surface area contributed by atoms with Crippen LogP contribution in [-0.4, -0.2) is 0 Å². The third-order valence-corrected chi connectivity index (χ3v) is 14.3. The highest BCUT2D eigenvalue weighted by Crippen LogP contribution is 2.42. The van der Waals surface area contributed by atoms with E-state index in [1.165, 1.54) is 11.1 Å². The first-order valence-corrected chi connectivity index (χ1v) is 26.6. The molecule has 0 unspecified atom stereocenters. The van der Waals surface area contributed by atoms with Gasteiger partial charge >= 0.3 is 0 Å². The van der Waals surface area contributed by atoms with E-state index in [2.05, 4.69) is 349 Å². The van der Waals surface area contributed by atoms with Crippen molar-refractivity contribution in [3.05, 3.63) is 327 Å². The van der Waals surface area contributed by atoms with Crippen LogP contribution in [0.5, 0.6) is 0 Å². The Bertz CT molecular complexity index is 3530. The van der Waals surface area contributed by atoms with Crippen molar-refractivity contribution >= 4 is 68.2 Å². The van der Waals surface area contributed by atoms with E-state index in [1.807, 2.05) is 0 Å². The maximum Gasteiger partial charge on any atom is 0.0464 e. The zero-order valence-electron chi connectivity index (χ0n) is 43.8. The summed E-state index contributed by atoms with van der Waals surface area (Å²) in [5.41, 5.74) is 22.7. The third-order valence-electron chi connectivity index (χ3n) is 14.3. The molecule has 0 spiro atoms. The van der Waals surface area contributed by atoms with E-state index in [9.17, 15) is 0 Å². The fraction of sp³-hybridized carbons (Fsp3) is 0.0270. The minimum Gasteiger partial charge on any atom is -0.311 e. The number of hydrogen-bond donors (Lipinski definition) is 0. The van der Waals surface area contributed by atoms with Crippen LogP contribution in [0, 0.1) is 13.8 Å². The molecule has 4 nitrogen and oxygen atoms in total. The van der Waals surface area contributed by atoms with E-state index >= 15 is 0 Å². The van der Waals surface area contributed by atoms with Crippen molar-refractivity contribution in [1.29, 1.82) is 0 Å². The van der Waals surface area contributed by atoms with Crippen molar-refractivity contribution in [1.82, 2.24) is 0 Å². The molecule has 0 N–H and O–H groups in total. The van der Waals surface area contributed by atoms with E-state index in [-0.39, 0.29) is 0 Å². The Morgan fingerprint density at radius 2 is 0.321 bits per heavy atom. The van der Waals surface area contributed by atoms with Gasteiger partial charge in [0.05, 0.1) is 0 Å². The third kappa shape index (κ3) is 10.6. The Hall–Kier alpha value is -10.2. The smallest absolute Gasteiger partial charge is 0.0464 e. The summed E-state index contributed by atoms with van der Waals surface area (Å²) >= 11 is 0. The molecule has 0 saturated heterocycles. The molecule has 0 saturated carbocycles. The van der Waals surface area contributed by atoms with Crippen molar-refractivity contribution in [2.75, 3.05) is 19.6 Å². The van der Waals surface area contributed by atoms with Gasteiger partial charge in [-0.1, -0.05) is 170 Å². The van der Waals surface area contributed by atoms with Crippen molar-refractivity contribution in [2.45, 2.75) is 13.8 Å². The van der Waals surface area contributed by atoms with Crippen LogP contribution < -0.4 is 19.6 Å². The topological polar surface area (TPSA) is 13.0 Å². The number of anilines is 12. The van der Waals surface area contributed by atoms with Gasteiger partial charge < -0.3 is 19.6 Å². The molecule has 12 aromatic rings. The van der Waals surface area contributed by atoms with Gasteiger partial charge in [0.1, 0.15) is 0 Å². The van der Waals surface area contributed by atoms with Gasteiger partial charge in [0, 0.05) is 68.2 Å². The molecule has 0 fully saturated rings. The second-order valence-corrected chi connectivity index (χ2v) is 19.6. The largest absolute Gasteiger partial charge is 0.311 e. The standard InChI is InChI=1S/C74H58N4/c1-55-17-15-27-73(53-55)77(69-45-33-59(34-46-69)57-29-41-67(42-30-57)75(63-19-7-3-8-20-63)64-21-9-4-10-22-64)71-49-37-61(38-50-71)62-39-51-72(52-40-62)78(74-28-16-18-56(2)54-74)70-47-35-60(36-48-70)58-31-43-68(44-32-58)76(65-23-11-5-12-24-65)66-25-13-6-14-26-66/h3-54H,1-2H3. The van der Waals surface area contributed by atoms with Gasteiger partial charge in [-0.05, 0) is 204 Å². The summed E-state index contributed by atoms with van der Waals surface area (Å²) in [6.45, 7) is 4.30. The number of para-hydroxylation sites is 4. The van der Waals surface area contributed by atoms with Crippen LogP contribution in [0.1, 0.15) is 11.1 Å². The number of hydrogen-bond acceptors (Lipinski definition) is 4. The molecule has 12 rings (SSSR count). The van der Waals surface area contributed by atoms with Gasteiger partial charge in [0.15, 0.2) is 0 Å². The molecule has 0 aromatic heterocycles. The van der Waals surface area contributed by atoms with Crippen molar-refractivity contribution in [3.63, 3.8) is 0 Å². The zero-order valence-corrected chi connectivity index (χ0v) is 43.8. The Kier molecular flexibility index (Phi) is 14.0. The second kappa shape index (κ2) is 22.4. The van der Waals surface area contributed by atoms with Gasteiger partial charge in [-0.3, -0.25) is 0 Å². The summed E-state index contributed by atoms with van der Waals surface area (Å²) < 4.78 is 0. The van der Waals surface area contributed by atoms with Gasteiger partial charge in [0.25, 0.3) is 0 Å². The molecule has 0 heterocycles. The molecule has 0 amide bonds. The Labute approximate surface area is 459 Å². The predicted molar refractivity (Wildman–Crippen MR) is 331 cm³/mol. The molecule has 78 heavy (non-hydrogen) atoms. The zero-order chi connectivity index (χ0) is 52.6. The number of nitrogens with zero attached hydrogens (tertiary/aromatic N) is 4. The lowest BCUT2D eigenvalue weighted by Gasteiger charge is -2.27. The summed E-state index contributed by atoms with van der Waals surface area (Å²) in [6, 6.07) is 113. The van der Waals surface area contributed by atoms with Crippen LogP contribution in [0.4, 0.5) is 68.2 Å². The highest BCUT2D eigenvalue weighted by atomic mass is 15.2. The molecule has 0 radical (unpaired) electrons. The van der Waals surface area contributed by atoms with Gasteiger partial charge in [-0.15, -0.1) is 0 Å². The predicted octanol–water partition coefficient (Wildman–Crippen LogP) is 21.2. The fourth-order valence-corrected chi connectivity index (χ4v) is 10.4. The van der Waals surface area contributed by atoms with E-state index < -0.39 is 0 Å². The lowest BCUT2D eigenvalue weighted by atomic mass is 10.0. The van der Waals surface area contributed by atoms with E-state index in [1.54, 1.807) is 0 Å². The highest BCUT2D eigenvalue weighted by Gasteiger charge is 2.18. The molecule has 12 aromatic carbocycles. The van der Waals surface area contributed by atoms with Crippen LogP contribution in [0.15, 0.2) is 315 Å². The van der Waals surface area contributed by atoms with Gasteiger partial charge in [-0.2, -0.15) is 0 Å². The molecule has 0 bridgehead atoms. The lowest BCUT2D eigenvalue weighted by Crippen LogP contribution is -2.10. The quantitative estimate of drug-likeness (QED) is 0.101. The van der Waals surface area contributed by atoms with E-state index in [4.69, 9.17) is 0 Å². The summed E-state index contributed by atoms with van der Waals surface area (Å²) in [6.07, 6.45) is 0. The van der Waals surface area contributed by atoms with Crippen molar-refractivity contribution in [3.8, 4) is 33.4 Å². The first-order valence-electron chi connectivity index (χ1n) is 26.6. The van der Waals surface area contributed by atoms with Gasteiger partial charge in [0.2, 0.25) is 0 Å². The normalized spacial score (nSPS) is 10.9. The van der Waals surface area contributed by atoms with Crippen LogP contribution in [0.3, 0.4) is 0 Å². The lowest BCUT2D eigenvalue weighted by molar-refractivity contribution is 1.27. The van der Waals surface area contributed by atoms with Crippen molar-refractivity contribution in [2.24, 2.45) is 0 Å². The minimum absolute atomic E-state index is 1.09. The van der Waals surface area contributed by atoms with Gasteiger partial charge in [-0.25, -0.2) is 0 Å². The van der Waals surface area contributed by atoms with Crippen molar-refractivity contribution < 1.29 is 0 Å².